The predicted molar refractivity (Wildman–Crippen MR) is 15.6 cm³/mol. The molecule has 0 bridgehead atoms. The first-order valence-corrected chi connectivity index (χ1v) is 0.724. The molecule has 0 atom stereocenters. The summed E-state index contributed by atoms with van der Waals surface area (Å²) in [6.07, 6.45) is 0. The van der Waals surface area contributed by atoms with Crippen LogP contribution < -0.4 is 0 Å². The molecular formula is C3H4N. The van der Waals surface area contributed by atoms with E-state index < -0.39 is 0 Å². The predicted octanol–water partition coefficient (Wildman–Crippen LogP) is 0.734. The third-order valence-electron chi connectivity index (χ3n) is 0. The standard InChI is InChI=1S/C2H3N.CH/c1-2-3;/h1H3;1H. The smallest absolute Gasteiger partial charge is 0.0587 e. The normalized spacial score (nSPS) is 2.00. The number of nitrogens with zero attached hydrogens (tertiary/aromatic N) is 1. The zero-order valence-electron chi connectivity index (χ0n) is 2.52. The van der Waals surface area contributed by atoms with Crippen molar-refractivity contribution in [1.29, 1.82) is 5.26 Å². The molecule has 1 heteroatoms. The fourth-order valence-electron chi connectivity index (χ4n) is 0. The van der Waals surface area contributed by atoms with E-state index in [0.29, 0.717) is 0 Å². The van der Waals surface area contributed by atoms with Crippen LogP contribution in [-0.4, -0.2) is 0 Å². The van der Waals surface area contributed by atoms with Crippen molar-refractivity contribution in [3.8, 4) is 6.07 Å². The first-order valence-electron chi connectivity index (χ1n) is 0.724. The Labute approximate surface area is 26.9 Å². The molecule has 0 fully saturated rings. The number of rotatable bonds is 0. The van der Waals surface area contributed by atoms with Crippen molar-refractivity contribution in [1.82, 2.24) is 0 Å². The van der Waals surface area contributed by atoms with E-state index in [0.717, 1.165) is 0 Å². The van der Waals surface area contributed by atoms with Crippen molar-refractivity contribution in [2.24, 2.45) is 0 Å². The van der Waals surface area contributed by atoms with Gasteiger partial charge in [-0.25, -0.2) is 0 Å². The fraction of sp³-hybridized carbons (Fsp3) is 0.333. The molecule has 0 aliphatic carbocycles. The number of nitriles is 1. The van der Waals surface area contributed by atoms with Crippen LogP contribution in [0.3, 0.4) is 0 Å². The topological polar surface area (TPSA) is 23.8 Å². The Morgan fingerprint density at radius 3 is 1.75 bits per heavy atom. The molecule has 21 valence electrons. The van der Waals surface area contributed by atoms with Gasteiger partial charge in [0.2, 0.25) is 0 Å². The summed E-state index contributed by atoms with van der Waals surface area (Å²) in [5.74, 6) is 0. The molecular weight excluding hydrogens is 50.0 g/mol. The number of hydrogen-bond donors (Lipinski definition) is 0. The Morgan fingerprint density at radius 1 is 1.75 bits per heavy atom. The van der Waals surface area contributed by atoms with Crippen molar-refractivity contribution in [3.05, 3.63) is 7.43 Å². The van der Waals surface area contributed by atoms with Gasteiger partial charge in [-0.15, -0.1) is 0 Å². The average molecular weight is 54.1 g/mol. The monoisotopic (exact) mass is 54.0 g/mol. The van der Waals surface area contributed by atoms with Crippen LogP contribution in [0.25, 0.3) is 0 Å². The summed E-state index contributed by atoms with van der Waals surface area (Å²) in [6.45, 7) is 1.43. The van der Waals surface area contributed by atoms with Crippen LogP contribution in [0.5, 0.6) is 0 Å². The molecule has 0 aliphatic heterocycles. The largest absolute Gasteiger partial charge is 0.199 e. The molecule has 0 aromatic rings. The first kappa shape index (κ1) is 9.75. The molecule has 0 saturated heterocycles. The minimum absolute atomic E-state index is 0. The average Bonchev–Trinajstić information content (AvgIpc) is 0.918. The summed E-state index contributed by atoms with van der Waals surface area (Å²) in [4.78, 5) is 0. The lowest BCUT2D eigenvalue weighted by Crippen LogP contribution is -1.10. The van der Waals surface area contributed by atoms with E-state index in [1.54, 1.807) is 6.07 Å². The lowest BCUT2D eigenvalue weighted by molar-refractivity contribution is 1.49. The maximum atomic E-state index is 7.32. The lowest BCUT2D eigenvalue weighted by Gasteiger charge is -1.15. The molecule has 0 amide bonds. The Bertz CT molecular complexity index is 24.8. The van der Waals surface area contributed by atoms with E-state index in [1.807, 2.05) is 0 Å². The molecule has 0 aromatic heterocycles. The Hall–Kier alpha value is -0.510. The quantitative estimate of drug-likeness (QED) is 0.400. The molecule has 1 nitrogen and oxygen atoms in total. The third-order valence-corrected chi connectivity index (χ3v) is 0. The summed E-state index contributed by atoms with van der Waals surface area (Å²) in [7, 11) is 0. The van der Waals surface area contributed by atoms with E-state index >= 15 is 0 Å². The molecule has 0 saturated carbocycles. The van der Waals surface area contributed by atoms with E-state index in [2.05, 4.69) is 0 Å². The van der Waals surface area contributed by atoms with Crippen LogP contribution in [0.1, 0.15) is 6.92 Å². The van der Waals surface area contributed by atoms with Gasteiger partial charge in [-0.1, -0.05) is 0 Å². The molecule has 0 N–H and O–H groups in total. The van der Waals surface area contributed by atoms with Crippen molar-refractivity contribution >= 4 is 0 Å². The number of hydrogen-bond acceptors (Lipinski definition) is 1. The Morgan fingerprint density at radius 2 is 1.75 bits per heavy atom. The molecule has 3 radical (unpaired) electrons. The van der Waals surface area contributed by atoms with Gasteiger partial charge in [0, 0.05) is 6.92 Å². The van der Waals surface area contributed by atoms with E-state index in [4.69, 9.17) is 5.26 Å². The van der Waals surface area contributed by atoms with Gasteiger partial charge in [0.1, 0.15) is 0 Å². The maximum Gasteiger partial charge on any atom is 0.0587 e. The Balaban J connectivity index is 0. The lowest BCUT2D eigenvalue weighted by atomic mass is 11.0. The second-order valence-corrected chi connectivity index (χ2v) is 0.224. The van der Waals surface area contributed by atoms with Crippen molar-refractivity contribution in [2.75, 3.05) is 0 Å². The van der Waals surface area contributed by atoms with Crippen LogP contribution in [-0.2, 0) is 0 Å². The minimum Gasteiger partial charge on any atom is -0.199 e. The fourth-order valence-corrected chi connectivity index (χ4v) is 0. The van der Waals surface area contributed by atoms with Crippen LogP contribution in [0.15, 0.2) is 0 Å². The van der Waals surface area contributed by atoms with Gasteiger partial charge in [0.25, 0.3) is 0 Å². The zero-order valence-corrected chi connectivity index (χ0v) is 2.52. The summed E-state index contributed by atoms with van der Waals surface area (Å²) >= 11 is 0. The summed E-state index contributed by atoms with van der Waals surface area (Å²) in [5, 5.41) is 7.32. The Kier molecular flexibility index (Phi) is 56.1. The molecule has 0 rings (SSSR count). The van der Waals surface area contributed by atoms with Crippen LogP contribution in [0.4, 0.5) is 0 Å². The maximum absolute atomic E-state index is 7.32. The first-order chi connectivity index (χ1) is 1.41. The molecule has 0 unspecified atom stereocenters. The van der Waals surface area contributed by atoms with Crippen LogP contribution in [0, 0.1) is 18.8 Å². The van der Waals surface area contributed by atoms with Gasteiger partial charge >= 0.3 is 0 Å². The second kappa shape index (κ2) is 23.0. The van der Waals surface area contributed by atoms with Crippen molar-refractivity contribution in [3.63, 3.8) is 0 Å². The van der Waals surface area contributed by atoms with E-state index in [-0.39, 0.29) is 7.43 Å². The van der Waals surface area contributed by atoms with Gasteiger partial charge < -0.3 is 0 Å². The van der Waals surface area contributed by atoms with Crippen LogP contribution >= 0.6 is 0 Å². The molecule has 0 spiro atoms. The van der Waals surface area contributed by atoms with Gasteiger partial charge in [-0.3, -0.25) is 0 Å². The van der Waals surface area contributed by atoms with E-state index in [9.17, 15) is 0 Å². The van der Waals surface area contributed by atoms with Crippen molar-refractivity contribution < 1.29 is 0 Å². The van der Waals surface area contributed by atoms with E-state index in [1.165, 1.54) is 6.92 Å². The van der Waals surface area contributed by atoms with Gasteiger partial charge in [-0.05, 0) is 7.43 Å². The molecule has 0 heterocycles. The van der Waals surface area contributed by atoms with Gasteiger partial charge in [0.15, 0.2) is 0 Å². The highest BCUT2D eigenvalue weighted by atomic mass is 14.2. The van der Waals surface area contributed by atoms with Gasteiger partial charge in [0.05, 0.1) is 6.07 Å². The van der Waals surface area contributed by atoms with Crippen LogP contribution in [0.2, 0.25) is 0 Å². The third kappa shape index (κ3) is 1.38. The molecule has 4 heavy (non-hydrogen) atoms. The zero-order chi connectivity index (χ0) is 2.71. The summed E-state index contributed by atoms with van der Waals surface area (Å²) < 4.78 is 0. The highest BCUT2D eigenvalue weighted by molar-refractivity contribution is 4.51. The molecule has 0 aromatic carbocycles. The summed E-state index contributed by atoms with van der Waals surface area (Å²) in [6, 6.07) is 1.75. The highest BCUT2D eigenvalue weighted by Crippen LogP contribution is 1.21. The second-order valence-electron chi connectivity index (χ2n) is 0.224. The molecule has 0 aliphatic rings. The van der Waals surface area contributed by atoms with Crippen molar-refractivity contribution in [2.45, 2.75) is 6.92 Å². The SMILES string of the molecule is CC#N.[CH]. The highest BCUT2D eigenvalue weighted by Gasteiger charge is 1.17. The van der Waals surface area contributed by atoms with Gasteiger partial charge in [-0.2, -0.15) is 5.26 Å². The minimum atomic E-state index is 0. The summed E-state index contributed by atoms with van der Waals surface area (Å²) in [5.41, 5.74) is 0.